The fourth-order valence-electron chi connectivity index (χ4n) is 1.77. The van der Waals surface area contributed by atoms with Gasteiger partial charge in [-0.1, -0.05) is 25.2 Å². The molecule has 106 valence electrons. The highest BCUT2D eigenvalue weighted by molar-refractivity contribution is 7.16. The molecule has 0 saturated carbocycles. The van der Waals surface area contributed by atoms with Gasteiger partial charge in [0.1, 0.15) is 0 Å². The number of hydrogen-bond donors (Lipinski definition) is 0. The Hall–Kier alpha value is -2.02. The van der Waals surface area contributed by atoms with E-state index in [1.54, 1.807) is 0 Å². The monoisotopic (exact) mass is 293 g/mol. The van der Waals surface area contributed by atoms with Gasteiger partial charge in [-0.3, -0.25) is 4.57 Å². The van der Waals surface area contributed by atoms with Crippen molar-refractivity contribution in [3.63, 3.8) is 0 Å². The van der Waals surface area contributed by atoms with Crippen molar-refractivity contribution in [2.75, 3.05) is 0 Å². The van der Waals surface area contributed by atoms with E-state index in [4.69, 9.17) is 0 Å². The molecular weight excluding hydrogens is 277 g/mol. The van der Waals surface area contributed by atoms with E-state index in [1.165, 1.54) is 22.2 Å². The van der Waals surface area contributed by atoms with Gasteiger partial charge in [0.2, 0.25) is 10.3 Å². The fourth-order valence-corrected chi connectivity index (χ4v) is 2.67. The molecule has 0 aliphatic carbocycles. The van der Waals surface area contributed by atoms with Crippen LogP contribution in [-0.2, 0) is 0 Å². The summed E-state index contributed by atoms with van der Waals surface area (Å²) < 4.78 is 16.3. The summed E-state index contributed by atoms with van der Waals surface area (Å²) in [6, 6.07) is 4.04. The Morgan fingerprint density at radius 3 is 2.20 bits per heavy atom. The number of nitrogens with zero attached hydrogens (tertiary/aromatic N) is 5. The maximum absolute atomic E-state index is 12.9. The van der Waals surface area contributed by atoms with E-state index in [-0.39, 0.29) is 5.82 Å². The summed E-state index contributed by atoms with van der Waals surface area (Å²) in [5.74, 6) is -0.389. The number of halogens is 1. The van der Waals surface area contributed by atoms with Gasteiger partial charge < -0.3 is 0 Å². The van der Waals surface area contributed by atoms with E-state index in [0.717, 1.165) is 22.7 Å². The highest BCUT2D eigenvalue weighted by Crippen LogP contribution is 2.22. The molecule has 0 atom stereocenters. The predicted molar refractivity (Wildman–Crippen MR) is 77.1 cm³/mol. The van der Waals surface area contributed by atoms with Gasteiger partial charge in [0.15, 0.2) is 5.82 Å². The van der Waals surface area contributed by atoms with E-state index in [1.807, 2.05) is 44.4 Å². The Labute approximate surface area is 120 Å². The molecule has 0 amide bonds. The Balaban J connectivity index is 0.000000704. The first kappa shape index (κ1) is 14.4. The molecule has 3 heterocycles. The molecule has 3 aromatic heterocycles. The van der Waals surface area contributed by atoms with Crippen LogP contribution in [0.2, 0.25) is 0 Å². The van der Waals surface area contributed by atoms with Crippen LogP contribution in [0, 0.1) is 19.7 Å². The minimum atomic E-state index is -0.389. The first-order chi connectivity index (χ1) is 9.65. The summed E-state index contributed by atoms with van der Waals surface area (Å²) in [7, 11) is 0. The van der Waals surface area contributed by atoms with Gasteiger partial charge in [-0.05, 0) is 26.0 Å². The van der Waals surface area contributed by atoms with Crippen molar-refractivity contribution < 1.29 is 4.39 Å². The first-order valence-electron chi connectivity index (χ1n) is 6.34. The molecule has 3 rings (SSSR count). The normalized spacial score (nSPS) is 10.2. The Kier molecular flexibility index (Phi) is 4.29. The summed E-state index contributed by atoms with van der Waals surface area (Å²) >= 11 is 1.36. The molecule has 0 spiro atoms. The molecule has 0 radical (unpaired) electrons. The predicted octanol–water partition coefficient (Wildman–Crippen LogP) is 3.30. The summed E-state index contributed by atoms with van der Waals surface area (Å²) in [5.41, 5.74) is 2.17. The SMILES string of the molecule is CC.Cc1ccc(C)n1-c1nnc(-n2cc(F)cn2)s1. The van der Waals surface area contributed by atoms with Gasteiger partial charge in [0, 0.05) is 11.4 Å². The lowest BCUT2D eigenvalue weighted by Crippen LogP contribution is -1.97. The molecule has 3 aromatic rings. The number of aryl methyl sites for hydroxylation is 2. The first-order valence-corrected chi connectivity index (χ1v) is 7.16. The second-order valence-electron chi connectivity index (χ2n) is 3.92. The molecule has 0 bridgehead atoms. The second-order valence-corrected chi connectivity index (χ2v) is 4.86. The van der Waals surface area contributed by atoms with Gasteiger partial charge in [0.05, 0.1) is 12.4 Å². The number of rotatable bonds is 2. The third-order valence-corrected chi connectivity index (χ3v) is 3.51. The molecule has 5 nitrogen and oxygen atoms in total. The summed E-state index contributed by atoms with van der Waals surface area (Å²) in [4.78, 5) is 0. The van der Waals surface area contributed by atoms with Crippen LogP contribution >= 0.6 is 11.3 Å². The fraction of sp³-hybridized carbons (Fsp3) is 0.308. The van der Waals surface area contributed by atoms with E-state index >= 15 is 0 Å². The quantitative estimate of drug-likeness (QED) is 0.728. The van der Waals surface area contributed by atoms with Gasteiger partial charge in [-0.25, -0.2) is 9.07 Å². The van der Waals surface area contributed by atoms with Crippen LogP contribution in [-0.4, -0.2) is 24.5 Å². The maximum atomic E-state index is 12.9. The van der Waals surface area contributed by atoms with Crippen LogP contribution in [0.3, 0.4) is 0 Å². The largest absolute Gasteiger partial charge is 0.293 e. The number of aromatic nitrogens is 5. The lowest BCUT2D eigenvalue weighted by atomic mass is 10.5. The van der Waals surface area contributed by atoms with Crippen molar-refractivity contribution >= 4 is 11.3 Å². The van der Waals surface area contributed by atoms with E-state index in [9.17, 15) is 4.39 Å². The number of hydrogen-bond acceptors (Lipinski definition) is 4. The minimum absolute atomic E-state index is 0.389. The molecule has 0 aliphatic rings. The van der Waals surface area contributed by atoms with Crippen molar-refractivity contribution in [1.29, 1.82) is 0 Å². The molecule has 0 aliphatic heterocycles. The van der Waals surface area contributed by atoms with Crippen LogP contribution in [0.15, 0.2) is 24.5 Å². The minimum Gasteiger partial charge on any atom is -0.293 e. The van der Waals surface area contributed by atoms with E-state index in [0.29, 0.717) is 5.13 Å². The Morgan fingerprint density at radius 2 is 1.65 bits per heavy atom. The lowest BCUT2D eigenvalue weighted by molar-refractivity contribution is 0.627. The standard InChI is InChI=1S/C11H10FN5S.C2H6/c1-7-3-4-8(2)17(7)11-15-14-10(18-11)16-6-9(12)5-13-16;1-2/h3-6H,1-2H3;1-2H3. The van der Waals surface area contributed by atoms with Crippen LogP contribution in [0.5, 0.6) is 0 Å². The van der Waals surface area contributed by atoms with Crippen LogP contribution in [0.4, 0.5) is 4.39 Å². The molecule has 0 unspecified atom stereocenters. The lowest BCUT2D eigenvalue weighted by Gasteiger charge is -2.02. The summed E-state index contributed by atoms with van der Waals surface area (Å²) in [5, 5.41) is 13.3. The van der Waals surface area contributed by atoms with Crippen LogP contribution < -0.4 is 0 Å². The van der Waals surface area contributed by atoms with Crippen molar-refractivity contribution in [1.82, 2.24) is 24.5 Å². The van der Waals surface area contributed by atoms with Crippen molar-refractivity contribution in [3.05, 3.63) is 41.7 Å². The molecule has 0 fully saturated rings. The molecule has 0 saturated heterocycles. The van der Waals surface area contributed by atoms with Gasteiger partial charge in [-0.2, -0.15) is 5.10 Å². The second kappa shape index (κ2) is 5.96. The average Bonchev–Trinajstić information content (AvgIpc) is 3.13. The summed E-state index contributed by atoms with van der Waals surface area (Å²) in [6.07, 6.45) is 2.42. The molecule has 0 aromatic carbocycles. The van der Waals surface area contributed by atoms with E-state index < -0.39 is 0 Å². The van der Waals surface area contributed by atoms with Gasteiger partial charge >= 0.3 is 0 Å². The zero-order valence-corrected chi connectivity index (χ0v) is 12.6. The van der Waals surface area contributed by atoms with Crippen molar-refractivity contribution in [3.8, 4) is 10.3 Å². The summed E-state index contributed by atoms with van der Waals surface area (Å²) in [6.45, 7) is 8.00. The third kappa shape index (κ3) is 2.62. The molecule has 7 heteroatoms. The topological polar surface area (TPSA) is 48.5 Å². The molecule has 20 heavy (non-hydrogen) atoms. The van der Waals surface area contributed by atoms with Gasteiger partial charge in [0.25, 0.3) is 0 Å². The maximum Gasteiger partial charge on any atom is 0.234 e. The zero-order valence-electron chi connectivity index (χ0n) is 11.8. The average molecular weight is 293 g/mol. The highest BCUT2D eigenvalue weighted by atomic mass is 32.1. The highest BCUT2D eigenvalue weighted by Gasteiger charge is 2.12. The van der Waals surface area contributed by atoms with Gasteiger partial charge in [-0.15, -0.1) is 10.2 Å². The molecular formula is C13H16FN5S. The van der Waals surface area contributed by atoms with Crippen LogP contribution in [0.25, 0.3) is 10.3 Å². The van der Waals surface area contributed by atoms with Crippen LogP contribution in [0.1, 0.15) is 25.2 Å². The Bertz CT molecular complexity index is 678. The Morgan fingerprint density at radius 1 is 1.05 bits per heavy atom. The smallest absolute Gasteiger partial charge is 0.234 e. The third-order valence-electron chi connectivity index (χ3n) is 2.61. The van der Waals surface area contributed by atoms with E-state index in [2.05, 4.69) is 15.3 Å². The zero-order chi connectivity index (χ0) is 14.7. The van der Waals surface area contributed by atoms with Crippen molar-refractivity contribution in [2.24, 2.45) is 0 Å². The molecule has 0 N–H and O–H groups in total. The van der Waals surface area contributed by atoms with Crippen molar-refractivity contribution in [2.45, 2.75) is 27.7 Å².